The van der Waals surface area contributed by atoms with Crippen LogP contribution in [0.4, 0.5) is 4.39 Å². The first-order valence-electron chi connectivity index (χ1n) is 4.59. The van der Waals surface area contributed by atoms with Gasteiger partial charge in [-0.25, -0.2) is 4.39 Å². The molecule has 0 aliphatic heterocycles. The molecule has 1 aromatic carbocycles. The molecule has 0 spiro atoms. The minimum Gasteiger partial charge on any atom is -0.485 e. The van der Waals surface area contributed by atoms with Gasteiger partial charge >= 0.3 is 0 Å². The molecule has 2 unspecified atom stereocenters. The fraction of sp³-hybridized carbons (Fsp3) is 0.364. The number of aliphatic hydroxyl groups excluding tert-OH is 1. The summed E-state index contributed by atoms with van der Waals surface area (Å²) in [5.74, 6) is -0.552. The Morgan fingerprint density at radius 2 is 2.13 bits per heavy atom. The van der Waals surface area contributed by atoms with Gasteiger partial charge < -0.3 is 9.84 Å². The normalized spacial score (nSPS) is 14.1. The zero-order valence-electron chi connectivity index (χ0n) is 8.57. The monoisotopic (exact) mass is 209 g/mol. The Hall–Kier alpha value is -1.60. The predicted octanol–water partition coefficient (Wildman–Crippen LogP) is 1.85. The van der Waals surface area contributed by atoms with E-state index >= 15 is 0 Å². The summed E-state index contributed by atoms with van der Waals surface area (Å²) in [6, 6.07) is 5.77. The van der Waals surface area contributed by atoms with Crippen molar-refractivity contribution in [3.63, 3.8) is 0 Å². The summed E-state index contributed by atoms with van der Waals surface area (Å²) < 4.78 is 18.5. The summed E-state index contributed by atoms with van der Waals surface area (Å²) in [5, 5.41) is 17.7. The molecule has 1 rings (SSSR count). The van der Waals surface area contributed by atoms with Crippen LogP contribution in [0.1, 0.15) is 19.4 Å². The lowest BCUT2D eigenvalue weighted by atomic mass is 10.2. The van der Waals surface area contributed by atoms with E-state index in [-0.39, 0.29) is 11.3 Å². The van der Waals surface area contributed by atoms with E-state index in [1.165, 1.54) is 12.1 Å². The molecule has 80 valence electrons. The molecular weight excluding hydrogens is 197 g/mol. The number of nitrogens with zero attached hydrogens (tertiary/aromatic N) is 1. The van der Waals surface area contributed by atoms with Crippen LogP contribution in [0, 0.1) is 17.1 Å². The Balaban J connectivity index is 2.84. The van der Waals surface area contributed by atoms with Crippen LogP contribution in [0.2, 0.25) is 0 Å². The van der Waals surface area contributed by atoms with Crippen molar-refractivity contribution in [1.29, 1.82) is 5.26 Å². The van der Waals surface area contributed by atoms with Crippen LogP contribution in [-0.4, -0.2) is 17.3 Å². The van der Waals surface area contributed by atoms with Crippen LogP contribution in [0.25, 0.3) is 0 Å². The van der Waals surface area contributed by atoms with E-state index in [1.807, 2.05) is 6.07 Å². The van der Waals surface area contributed by atoms with E-state index in [4.69, 9.17) is 10.00 Å². The molecule has 4 heteroatoms. The predicted molar refractivity (Wildman–Crippen MR) is 52.9 cm³/mol. The van der Waals surface area contributed by atoms with Gasteiger partial charge in [-0.3, -0.25) is 0 Å². The summed E-state index contributed by atoms with van der Waals surface area (Å²) in [6.07, 6.45) is -1.17. The number of nitriles is 1. The van der Waals surface area contributed by atoms with Crippen LogP contribution in [-0.2, 0) is 0 Å². The summed E-state index contributed by atoms with van der Waals surface area (Å²) >= 11 is 0. The van der Waals surface area contributed by atoms with E-state index < -0.39 is 18.0 Å². The number of aliphatic hydroxyl groups is 1. The first-order valence-corrected chi connectivity index (χ1v) is 4.59. The van der Waals surface area contributed by atoms with E-state index in [0.29, 0.717) is 0 Å². The maximum Gasteiger partial charge on any atom is 0.166 e. The number of benzene rings is 1. The van der Waals surface area contributed by atoms with Gasteiger partial charge in [-0.2, -0.15) is 5.26 Å². The van der Waals surface area contributed by atoms with Crippen LogP contribution >= 0.6 is 0 Å². The molecule has 15 heavy (non-hydrogen) atoms. The second-order valence-corrected chi connectivity index (χ2v) is 3.32. The molecule has 0 bridgehead atoms. The van der Waals surface area contributed by atoms with Crippen molar-refractivity contribution in [2.24, 2.45) is 0 Å². The quantitative estimate of drug-likeness (QED) is 0.826. The van der Waals surface area contributed by atoms with Crippen molar-refractivity contribution in [2.75, 3.05) is 0 Å². The maximum absolute atomic E-state index is 13.3. The molecule has 0 saturated carbocycles. The minimum atomic E-state index is -0.681. The average Bonchev–Trinajstić information content (AvgIpc) is 2.20. The first-order chi connectivity index (χ1) is 7.04. The Kier molecular flexibility index (Phi) is 3.64. The molecule has 0 aromatic heterocycles. The van der Waals surface area contributed by atoms with Crippen LogP contribution in [0.5, 0.6) is 5.75 Å². The fourth-order valence-electron chi connectivity index (χ4n) is 0.965. The number of hydrogen-bond acceptors (Lipinski definition) is 3. The minimum absolute atomic E-state index is 0.0439. The number of halogens is 1. The highest BCUT2D eigenvalue weighted by molar-refractivity contribution is 5.36. The molecule has 0 amide bonds. The van der Waals surface area contributed by atoms with Crippen LogP contribution in [0.3, 0.4) is 0 Å². The van der Waals surface area contributed by atoms with Gasteiger partial charge in [0.15, 0.2) is 11.6 Å². The van der Waals surface area contributed by atoms with E-state index in [1.54, 1.807) is 13.8 Å². The summed E-state index contributed by atoms with van der Waals surface area (Å²) in [4.78, 5) is 0. The Bertz CT molecular complexity index is 385. The van der Waals surface area contributed by atoms with Crippen molar-refractivity contribution in [3.05, 3.63) is 29.6 Å². The molecule has 1 N–H and O–H groups in total. The average molecular weight is 209 g/mol. The number of ether oxygens (including phenoxy) is 1. The van der Waals surface area contributed by atoms with Gasteiger partial charge in [0, 0.05) is 0 Å². The zero-order chi connectivity index (χ0) is 11.4. The molecular formula is C11H12FNO2. The lowest BCUT2D eigenvalue weighted by Gasteiger charge is -2.17. The molecule has 1 aromatic rings. The van der Waals surface area contributed by atoms with Crippen molar-refractivity contribution in [3.8, 4) is 11.8 Å². The van der Waals surface area contributed by atoms with Crippen molar-refractivity contribution in [1.82, 2.24) is 0 Å². The third-order valence-corrected chi connectivity index (χ3v) is 2.05. The zero-order valence-corrected chi connectivity index (χ0v) is 8.57. The highest BCUT2D eigenvalue weighted by Gasteiger charge is 2.13. The fourth-order valence-corrected chi connectivity index (χ4v) is 0.965. The molecule has 0 fully saturated rings. The highest BCUT2D eigenvalue weighted by Crippen LogP contribution is 2.19. The van der Waals surface area contributed by atoms with E-state index in [2.05, 4.69) is 0 Å². The Labute approximate surface area is 87.7 Å². The summed E-state index contributed by atoms with van der Waals surface area (Å²) in [5.41, 5.74) is 0.240. The molecule has 0 aliphatic rings. The van der Waals surface area contributed by atoms with Gasteiger partial charge in [-0.15, -0.1) is 0 Å². The van der Waals surface area contributed by atoms with Gasteiger partial charge in [0.2, 0.25) is 0 Å². The topological polar surface area (TPSA) is 53.2 Å². The highest BCUT2D eigenvalue weighted by atomic mass is 19.1. The van der Waals surface area contributed by atoms with Gasteiger partial charge in [0.25, 0.3) is 0 Å². The second kappa shape index (κ2) is 4.76. The third kappa shape index (κ3) is 2.93. The maximum atomic E-state index is 13.3. The molecule has 3 nitrogen and oxygen atoms in total. The lowest BCUT2D eigenvalue weighted by Crippen LogP contribution is -2.25. The molecule has 0 saturated heterocycles. The Morgan fingerprint density at radius 3 is 2.60 bits per heavy atom. The van der Waals surface area contributed by atoms with E-state index in [9.17, 15) is 9.50 Å². The third-order valence-electron chi connectivity index (χ3n) is 2.05. The van der Waals surface area contributed by atoms with Crippen LogP contribution in [0.15, 0.2) is 18.2 Å². The summed E-state index contributed by atoms with van der Waals surface area (Å²) in [6.45, 7) is 3.20. The molecule has 0 heterocycles. The van der Waals surface area contributed by atoms with Gasteiger partial charge in [0.1, 0.15) is 6.10 Å². The number of hydrogen-bond donors (Lipinski definition) is 1. The van der Waals surface area contributed by atoms with Crippen molar-refractivity contribution >= 4 is 0 Å². The van der Waals surface area contributed by atoms with Crippen molar-refractivity contribution in [2.45, 2.75) is 26.1 Å². The molecule has 0 aliphatic carbocycles. The smallest absolute Gasteiger partial charge is 0.166 e. The van der Waals surface area contributed by atoms with Gasteiger partial charge in [0.05, 0.1) is 17.7 Å². The number of rotatable bonds is 3. The standard InChI is InChI=1S/C11H12FNO2/c1-7(14)8(2)15-11-4-3-9(6-13)5-10(11)12/h3-5,7-8,14H,1-2H3. The van der Waals surface area contributed by atoms with Gasteiger partial charge in [-0.05, 0) is 32.0 Å². The first kappa shape index (κ1) is 11.5. The largest absolute Gasteiger partial charge is 0.485 e. The second-order valence-electron chi connectivity index (χ2n) is 3.32. The SMILES string of the molecule is CC(O)C(C)Oc1ccc(C#N)cc1F. The van der Waals surface area contributed by atoms with Gasteiger partial charge in [-0.1, -0.05) is 0 Å². The van der Waals surface area contributed by atoms with Crippen LogP contribution < -0.4 is 4.74 Å². The summed E-state index contributed by atoms with van der Waals surface area (Å²) in [7, 11) is 0. The molecule has 0 radical (unpaired) electrons. The van der Waals surface area contributed by atoms with Crippen molar-refractivity contribution < 1.29 is 14.2 Å². The lowest BCUT2D eigenvalue weighted by molar-refractivity contribution is 0.0579. The molecule has 2 atom stereocenters. The Morgan fingerprint density at radius 1 is 1.47 bits per heavy atom. The van der Waals surface area contributed by atoms with E-state index in [0.717, 1.165) is 6.07 Å².